The lowest BCUT2D eigenvalue weighted by atomic mass is 10.1. The molecule has 1 aliphatic heterocycles. The van der Waals surface area contributed by atoms with Crippen molar-refractivity contribution < 1.29 is 9.59 Å². The molecule has 1 saturated heterocycles. The van der Waals surface area contributed by atoms with Crippen molar-refractivity contribution in [1.29, 1.82) is 0 Å². The topological polar surface area (TPSA) is 66.4 Å². The molecule has 2 aromatic rings. The van der Waals surface area contributed by atoms with Gasteiger partial charge in [0.1, 0.15) is 0 Å². The highest BCUT2D eigenvalue weighted by molar-refractivity contribution is 5.84. The van der Waals surface area contributed by atoms with Crippen LogP contribution in [0.15, 0.2) is 48.7 Å². The molecule has 1 aromatic carbocycles. The first-order valence-electron chi connectivity index (χ1n) is 9.61. The fourth-order valence-electron chi connectivity index (χ4n) is 3.63. The molecule has 0 radical (unpaired) electrons. The molecule has 6 heteroatoms. The van der Waals surface area contributed by atoms with Crippen LogP contribution >= 0.6 is 0 Å². The number of carbonyl (C=O) groups is 2. The number of hydrogen-bond donors (Lipinski definition) is 2. The lowest BCUT2D eigenvalue weighted by Crippen LogP contribution is -2.45. The molecular weight excluding hydrogens is 340 g/mol. The molecule has 0 bridgehead atoms. The number of rotatable bonds is 5. The number of aryl methyl sites for hydroxylation is 1. The third-order valence-corrected chi connectivity index (χ3v) is 5.09. The monoisotopic (exact) mass is 368 g/mol. The predicted molar refractivity (Wildman–Crippen MR) is 105 cm³/mol. The van der Waals surface area contributed by atoms with Crippen molar-refractivity contribution in [2.75, 3.05) is 13.1 Å². The minimum absolute atomic E-state index is 0.0154. The van der Waals surface area contributed by atoms with Gasteiger partial charge in [0, 0.05) is 32.0 Å². The number of carbonyl (C=O) groups excluding carboxylic acids is 2. The van der Waals surface area contributed by atoms with E-state index in [2.05, 4.69) is 21.3 Å². The largest absolute Gasteiger partial charge is 0.353 e. The summed E-state index contributed by atoms with van der Waals surface area (Å²) < 4.78 is 2.08. The molecule has 1 aliphatic rings. The highest BCUT2D eigenvalue weighted by atomic mass is 16.2. The van der Waals surface area contributed by atoms with Crippen molar-refractivity contribution in [3.63, 3.8) is 0 Å². The Hall–Kier alpha value is -2.76. The summed E-state index contributed by atoms with van der Waals surface area (Å²) in [7, 11) is 2.01. The van der Waals surface area contributed by atoms with Gasteiger partial charge in [0.25, 0.3) is 0 Å². The lowest BCUT2D eigenvalue weighted by molar-refractivity contribution is -0.132. The number of nitrogens with one attached hydrogen (secondary N) is 2. The Labute approximate surface area is 160 Å². The molecule has 1 aromatic heterocycles. The molecule has 0 spiro atoms. The van der Waals surface area contributed by atoms with E-state index in [-0.39, 0.29) is 24.5 Å². The van der Waals surface area contributed by atoms with Crippen LogP contribution in [0.1, 0.15) is 43.0 Å². The van der Waals surface area contributed by atoms with Gasteiger partial charge in [-0.15, -0.1) is 0 Å². The lowest BCUT2D eigenvalue weighted by Gasteiger charge is -2.30. The maximum absolute atomic E-state index is 12.8. The van der Waals surface area contributed by atoms with Crippen LogP contribution in [-0.4, -0.2) is 34.5 Å². The Kier molecular flexibility index (Phi) is 6.52. The van der Waals surface area contributed by atoms with E-state index in [4.69, 9.17) is 0 Å². The second kappa shape index (κ2) is 9.26. The third-order valence-electron chi connectivity index (χ3n) is 5.09. The fraction of sp³-hybridized carbons (Fsp3) is 0.429. The number of hydrogen-bond acceptors (Lipinski definition) is 2. The van der Waals surface area contributed by atoms with Gasteiger partial charge in [0.2, 0.25) is 5.91 Å². The second-order valence-electron chi connectivity index (χ2n) is 7.02. The number of amides is 3. The van der Waals surface area contributed by atoms with Crippen LogP contribution in [0.2, 0.25) is 0 Å². The van der Waals surface area contributed by atoms with Crippen LogP contribution in [0.4, 0.5) is 4.79 Å². The summed E-state index contributed by atoms with van der Waals surface area (Å²) in [6, 6.07) is 13.6. The van der Waals surface area contributed by atoms with E-state index in [0.29, 0.717) is 6.54 Å². The summed E-state index contributed by atoms with van der Waals surface area (Å²) in [6.07, 6.45) is 6.23. The summed E-state index contributed by atoms with van der Waals surface area (Å²) in [5.74, 6) is -0.0297. The molecule has 27 heavy (non-hydrogen) atoms. The van der Waals surface area contributed by atoms with E-state index in [1.165, 1.54) is 0 Å². The first kappa shape index (κ1) is 19.0. The molecule has 1 unspecified atom stereocenters. The SMILES string of the molecule is Cn1cccc1C1CCCCCN1C(=O)CNC(=O)NCc1ccccc1. The molecule has 1 atom stereocenters. The Morgan fingerprint density at radius 3 is 2.59 bits per heavy atom. The van der Waals surface area contributed by atoms with Crippen LogP contribution in [0, 0.1) is 0 Å². The van der Waals surface area contributed by atoms with Crippen molar-refractivity contribution in [3.05, 3.63) is 59.9 Å². The molecule has 0 aliphatic carbocycles. The Balaban J connectivity index is 1.55. The molecule has 6 nitrogen and oxygen atoms in total. The molecule has 1 fully saturated rings. The highest BCUT2D eigenvalue weighted by Gasteiger charge is 2.28. The Morgan fingerprint density at radius 2 is 1.85 bits per heavy atom. The normalized spacial score (nSPS) is 17.2. The van der Waals surface area contributed by atoms with E-state index in [0.717, 1.165) is 43.5 Å². The smallest absolute Gasteiger partial charge is 0.315 e. The van der Waals surface area contributed by atoms with Gasteiger partial charge in [-0.3, -0.25) is 4.79 Å². The number of nitrogens with zero attached hydrogens (tertiary/aromatic N) is 2. The van der Waals surface area contributed by atoms with Gasteiger partial charge in [0.05, 0.1) is 12.6 Å². The van der Waals surface area contributed by atoms with Gasteiger partial charge >= 0.3 is 6.03 Å². The van der Waals surface area contributed by atoms with Crippen LogP contribution in [0.5, 0.6) is 0 Å². The standard InChI is InChI=1S/C21H28N4O2/c1-24-13-8-12-18(24)19-11-6-3-7-14-25(19)20(26)16-23-21(27)22-15-17-9-4-2-5-10-17/h2,4-5,8-10,12-13,19H,3,6-7,11,14-16H2,1H3,(H2,22,23,27). The van der Waals surface area contributed by atoms with Gasteiger partial charge in [-0.05, 0) is 30.5 Å². The van der Waals surface area contributed by atoms with Crippen molar-refractivity contribution in [2.24, 2.45) is 7.05 Å². The fourth-order valence-corrected chi connectivity index (χ4v) is 3.63. The zero-order valence-corrected chi connectivity index (χ0v) is 15.9. The van der Waals surface area contributed by atoms with Crippen LogP contribution < -0.4 is 10.6 Å². The van der Waals surface area contributed by atoms with Crippen molar-refractivity contribution >= 4 is 11.9 Å². The van der Waals surface area contributed by atoms with E-state index >= 15 is 0 Å². The van der Waals surface area contributed by atoms with Crippen molar-refractivity contribution in [3.8, 4) is 0 Å². The summed E-state index contributed by atoms with van der Waals surface area (Å²) in [4.78, 5) is 26.8. The number of urea groups is 1. The molecule has 2 heterocycles. The van der Waals surface area contributed by atoms with Crippen LogP contribution in [-0.2, 0) is 18.4 Å². The van der Waals surface area contributed by atoms with Crippen molar-refractivity contribution in [1.82, 2.24) is 20.1 Å². The summed E-state index contributed by atoms with van der Waals surface area (Å²) in [6.45, 7) is 1.19. The van der Waals surface area contributed by atoms with E-state index in [1.807, 2.05) is 54.5 Å². The maximum Gasteiger partial charge on any atom is 0.315 e. The van der Waals surface area contributed by atoms with Gasteiger partial charge in [-0.1, -0.05) is 43.2 Å². The molecule has 3 amide bonds. The number of benzene rings is 1. The molecule has 2 N–H and O–H groups in total. The molecule has 0 saturated carbocycles. The average molecular weight is 368 g/mol. The van der Waals surface area contributed by atoms with Gasteiger partial charge < -0.3 is 20.1 Å². The van der Waals surface area contributed by atoms with E-state index in [9.17, 15) is 9.59 Å². The van der Waals surface area contributed by atoms with Crippen LogP contribution in [0.25, 0.3) is 0 Å². The number of aromatic nitrogens is 1. The van der Waals surface area contributed by atoms with Crippen LogP contribution in [0.3, 0.4) is 0 Å². The first-order valence-corrected chi connectivity index (χ1v) is 9.61. The maximum atomic E-state index is 12.8. The molecular formula is C21H28N4O2. The molecule has 3 rings (SSSR count). The summed E-state index contributed by atoms with van der Waals surface area (Å²) in [5.41, 5.74) is 2.18. The summed E-state index contributed by atoms with van der Waals surface area (Å²) >= 11 is 0. The van der Waals surface area contributed by atoms with E-state index < -0.39 is 0 Å². The average Bonchev–Trinajstić information content (AvgIpc) is 2.97. The zero-order valence-electron chi connectivity index (χ0n) is 15.9. The Morgan fingerprint density at radius 1 is 1.04 bits per heavy atom. The van der Waals surface area contributed by atoms with E-state index in [1.54, 1.807) is 0 Å². The zero-order chi connectivity index (χ0) is 19.1. The predicted octanol–water partition coefficient (Wildman–Crippen LogP) is 2.97. The quantitative estimate of drug-likeness (QED) is 0.852. The minimum Gasteiger partial charge on any atom is -0.353 e. The second-order valence-corrected chi connectivity index (χ2v) is 7.02. The highest BCUT2D eigenvalue weighted by Crippen LogP contribution is 2.30. The minimum atomic E-state index is -0.322. The van der Waals surface area contributed by atoms with Gasteiger partial charge in [0.15, 0.2) is 0 Å². The van der Waals surface area contributed by atoms with Crippen molar-refractivity contribution in [2.45, 2.75) is 38.3 Å². The van der Waals surface area contributed by atoms with Gasteiger partial charge in [-0.2, -0.15) is 0 Å². The number of likely N-dealkylation sites (tertiary alicyclic amines) is 1. The summed E-state index contributed by atoms with van der Waals surface area (Å²) in [5, 5.41) is 5.50. The Bertz CT molecular complexity index is 757. The third kappa shape index (κ3) is 5.12. The molecule has 144 valence electrons. The first-order chi connectivity index (χ1) is 13.1. The van der Waals surface area contributed by atoms with Gasteiger partial charge in [-0.25, -0.2) is 4.79 Å².